The van der Waals surface area contributed by atoms with Crippen molar-refractivity contribution in [3.8, 4) is 56.8 Å². The Balaban J connectivity index is 1.94. The van der Waals surface area contributed by atoms with Gasteiger partial charge in [0.25, 0.3) is 0 Å². The molecule has 0 atom stereocenters. The minimum atomic E-state index is -1.05. The Morgan fingerprint density at radius 1 is 0.605 bits per heavy atom. The first kappa shape index (κ1) is 30.6. The molecule has 10 heteroatoms. The Bertz CT molecular complexity index is 1500. The highest BCUT2D eigenvalue weighted by molar-refractivity contribution is 5.78. The van der Waals surface area contributed by atoms with Crippen molar-refractivity contribution in [2.45, 2.75) is 32.1 Å². The zero-order valence-corrected chi connectivity index (χ0v) is 23.6. The van der Waals surface area contributed by atoms with E-state index in [-0.39, 0.29) is 49.1 Å². The number of rotatable bonds is 12. The van der Waals surface area contributed by atoms with E-state index in [1.165, 1.54) is 36.4 Å². The van der Waals surface area contributed by atoms with Crippen LogP contribution >= 0.6 is 0 Å². The smallest absolute Gasteiger partial charge is 0.306 e. The highest BCUT2D eigenvalue weighted by atomic mass is 16.5. The molecule has 4 rings (SSSR count). The molecule has 10 nitrogen and oxygen atoms in total. The molecule has 4 aromatic carbocycles. The number of aromatic hydroxyl groups is 4. The van der Waals surface area contributed by atoms with Gasteiger partial charge in [-0.3, -0.25) is 9.59 Å². The summed E-state index contributed by atoms with van der Waals surface area (Å²) in [6.45, 7) is 3.45. The summed E-state index contributed by atoms with van der Waals surface area (Å²) in [6.07, 6.45) is -0.557. The van der Waals surface area contributed by atoms with Gasteiger partial charge in [0.2, 0.25) is 0 Å². The van der Waals surface area contributed by atoms with Crippen LogP contribution in [0.2, 0.25) is 0 Å². The molecule has 0 heterocycles. The lowest BCUT2D eigenvalue weighted by molar-refractivity contribution is -0.138. The van der Waals surface area contributed by atoms with Crippen molar-refractivity contribution in [3.05, 3.63) is 83.9 Å². The fourth-order valence-electron chi connectivity index (χ4n) is 4.95. The lowest BCUT2D eigenvalue weighted by Crippen LogP contribution is -2.23. The van der Waals surface area contributed by atoms with E-state index in [9.17, 15) is 40.2 Å². The Morgan fingerprint density at radius 3 is 1.28 bits per heavy atom. The van der Waals surface area contributed by atoms with E-state index in [0.29, 0.717) is 44.9 Å². The average molecular weight is 589 g/mol. The first-order chi connectivity index (χ1) is 20.4. The van der Waals surface area contributed by atoms with Crippen LogP contribution in [0.5, 0.6) is 34.5 Å². The zero-order valence-electron chi connectivity index (χ0n) is 23.6. The lowest BCUT2D eigenvalue weighted by Gasteiger charge is -2.32. The first-order valence-corrected chi connectivity index (χ1v) is 13.4. The monoisotopic (exact) mass is 588 g/mol. The maximum atomic E-state index is 11.3. The fourth-order valence-corrected chi connectivity index (χ4v) is 4.95. The molecule has 0 amide bonds. The van der Waals surface area contributed by atoms with Crippen molar-refractivity contribution in [1.82, 2.24) is 0 Å². The first-order valence-electron chi connectivity index (χ1n) is 13.4. The minimum absolute atomic E-state index is 0.162. The van der Waals surface area contributed by atoms with Crippen molar-refractivity contribution in [1.29, 1.82) is 0 Å². The normalized spacial score (nSPS) is 11.2. The summed E-state index contributed by atoms with van der Waals surface area (Å²) in [6, 6.07) is 18.8. The molecule has 224 valence electrons. The molecule has 0 aromatic heterocycles. The molecular weight excluding hydrogens is 556 g/mol. The van der Waals surface area contributed by atoms with E-state index in [1.807, 2.05) is 13.8 Å². The number of phenolic OH excluding ortho intramolecular Hbond substituents is 4. The highest BCUT2D eigenvalue weighted by Gasteiger charge is 2.33. The molecule has 0 aliphatic heterocycles. The van der Waals surface area contributed by atoms with Gasteiger partial charge in [-0.2, -0.15) is 0 Å². The van der Waals surface area contributed by atoms with Crippen LogP contribution in [0, 0.1) is 0 Å². The van der Waals surface area contributed by atoms with E-state index < -0.39 is 17.4 Å². The van der Waals surface area contributed by atoms with Gasteiger partial charge in [0.15, 0.2) is 0 Å². The number of hydrogen-bond acceptors (Lipinski definition) is 8. The molecule has 0 saturated carbocycles. The fraction of sp³-hybridized carbons (Fsp3) is 0.212. The van der Waals surface area contributed by atoms with E-state index in [2.05, 4.69) is 0 Å². The number of carbonyl (C=O) groups is 2. The van der Waals surface area contributed by atoms with Crippen molar-refractivity contribution in [3.63, 3.8) is 0 Å². The molecule has 0 bridgehead atoms. The largest absolute Gasteiger partial charge is 0.508 e. The number of carboxylic acids is 2. The van der Waals surface area contributed by atoms with Gasteiger partial charge < -0.3 is 40.1 Å². The quantitative estimate of drug-likeness (QED) is 0.117. The number of phenols is 4. The second-order valence-electron chi connectivity index (χ2n) is 10.5. The number of benzene rings is 4. The van der Waals surface area contributed by atoms with Gasteiger partial charge in [-0.05, 0) is 35.4 Å². The predicted octanol–water partition coefficient (Wildman–Crippen LogP) is 5.88. The summed E-state index contributed by atoms with van der Waals surface area (Å²) in [5, 5.41) is 59.2. The van der Waals surface area contributed by atoms with Crippen LogP contribution in [0.3, 0.4) is 0 Å². The van der Waals surface area contributed by atoms with Gasteiger partial charge in [0.1, 0.15) is 34.5 Å². The predicted molar refractivity (Wildman–Crippen MR) is 158 cm³/mol. The van der Waals surface area contributed by atoms with E-state index >= 15 is 0 Å². The van der Waals surface area contributed by atoms with Gasteiger partial charge in [-0.15, -0.1) is 0 Å². The lowest BCUT2D eigenvalue weighted by atomic mass is 9.75. The molecule has 0 saturated heterocycles. The van der Waals surface area contributed by atoms with Crippen LogP contribution < -0.4 is 9.47 Å². The van der Waals surface area contributed by atoms with Crippen LogP contribution in [0.1, 0.15) is 37.8 Å². The van der Waals surface area contributed by atoms with Crippen molar-refractivity contribution in [2.75, 3.05) is 13.2 Å². The molecule has 0 spiro atoms. The molecule has 0 aliphatic carbocycles. The summed E-state index contributed by atoms with van der Waals surface area (Å²) < 4.78 is 12.2. The number of para-hydroxylation sites is 2. The van der Waals surface area contributed by atoms with Gasteiger partial charge in [-0.25, -0.2) is 0 Å². The van der Waals surface area contributed by atoms with Crippen LogP contribution in [0.15, 0.2) is 72.8 Å². The molecular formula is C33H32O10. The Kier molecular flexibility index (Phi) is 8.99. The SMILES string of the molecule is CC(C)(c1cccc(-c2cc(O)cc(O)c2)c1OCCC(=O)O)c1cccc(-c2cc(O)cc(O)c2)c1OCCC(=O)O. The van der Waals surface area contributed by atoms with Crippen LogP contribution in [0.4, 0.5) is 0 Å². The third-order valence-electron chi connectivity index (χ3n) is 6.93. The summed E-state index contributed by atoms with van der Waals surface area (Å²) in [7, 11) is 0. The second-order valence-corrected chi connectivity index (χ2v) is 10.5. The Morgan fingerprint density at radius 2 is 0.953 bits per heavy atom. The molecule has 6 N–H and O–H groups in total. The maximum Gasteiger partial charge on any atom is 0.306 e. The third-order valence-corrected chi connectivity index (χ3v) is 6.93. The van der Waals surface area contributed by atoms with Crippen LogP contribution in [-0.2, 0) is 15.0 Å². The summed E-state index contributed by atoms with van der Waals surface area (Å²) in [5.74, 6) is -2.17. The zero-order chi connectivity index (χ0) is 31.3. The van der Waals surface area contributed by atoms with Crippen molar-refractivity contribution in [2.24, 2.45) is 0 Å². The van der Waals surface area contributed by atoms with Crippen LogP contribution in [-0.4, -0.2) is 55.8 Å². The van der Waals surface area contributed by atoms with Gasteiger partial charge in [0.05, 0.1) is 26.1 Å². The number of ether oxygens (including phenoxy) is 2. The van der Waals surface area contributed by atoms with Gasteiger partial charge in [0, 0.05) is 39.8 Å². The summed E-state index contributed by atoms with van der Waals surface area (Å²) in [5.41, 5.74) is 2.13. The second kappa shape index (κ2) is 12.6. The van der Waals surface area contributed by atoms with Crippen molar-refractivity contribution >= 4 is 11.9 Å². The average Bonchev–Trinajstić information content (AvgIpc) is 2.91. The number of hydrogen-bond donors (Lipinski definition) is 6. The standard InChI is InChI=1S/C33H32O10/c1-33(2,27-7-3-5-25(31(27)42-11-9-29(38)39)19-13-21(34)17-22(35)14-19)28-8-4-6-26(32(28)43-12-10-30(40)41)20-15-23(36)18-24(37)16-20/h3-8,13-18,34-37H,9-12H2,1-2H3,(H,38,39)(H,40,41). The molecule has 4 aromatic rings. The number of carboxylic acid groups (broad SMARTS) is 2. The Hall–Kier alpha value is -5.38. The summed E-state index contributed by atoms with van der Waals surface area (Å²) >= 11 is 0. The third kappa shape index (κ3) is 7.10. The van der Waals surface area contributed by atoms with Crippen molar-refractivity contribution < 1.29 is 49.7 Å². The maximum absolute atomic E-state index is 11.3. The Labute approximate surface area is 247 Å². The summed E-state index contributed by atoms with van der Waals surface area (Å²) in [4.78, 5) is 22.6. The van der Waals surface area contributed by atoms with Gasteiger partial charge in [-0.1, -0.05) is 50.2 Å². The molecule has 0 unspecified atom stereocenters. The van der Waals surface area contributed by atoms with Crippen LogP contribution in [0.25, 0.3) is 22.3 Å². The topological polar surface area (TPSA) is 174 Å². The molecule has 0 aliphatic rings. The molecule has 0 fully saturated rings. The van der Waals surface area contributed by atoms with E-state index in [4.69, 9.17) is 9.47 Å². The highest BCUT2D eigenvalue weighted by Crippen LogP contribution is 2.48. The van der Waals surface area contributed by atoms with Gasteiger partial charge >= 0.3 is 11.9 Å². The van der Waals surface area contributed by atoms with E-state index in [0.717, 1.165) is 0 Å². The molecule has 43 heavy (non-hydrogen) atoms. The van der Waals surface area contributed by atoms with E-state index in [1.54, 1.807) is 36.4 Å². The number of aliphatic carboxylic acids is 2. The molecule has 0 radical (unpaired) electrons. The minimum Gasteiger partial charge on any atom is -0.508 e.